The maximum atomic E-state index is 12.3. The predicted octanol–water partition coefficient (Wildman–Crippen LogP) is 5.48. The number of nitrogen functional groups attached to an aromatic ring is 1. The number of hydrogen-bond acceptors (Lipinski definition) is 6. The molecule has 7 nitrogen and oxygen atoms in total. The van der Waals surface area contributed by atoms with E-state index in [0.717, 1.165) is 42.5 Å². The van der Waals surface area contributed by atoms with E-state index in [1.54, 1.807) is 18.2 Å². The molecule has 0 aliphatic heterocycles. The molecule has 0 aromatic heterocycles. The molecular weight excluding hydrogens is 444 g/mol. The maximum Gasteiger partial charge on any atom is 0.330 e. The second kappa shape index (κ2) is 15.9. The summed E-state index contributed by atoms with van der Waals surface area (Å²) in [5, 5.41) is 2.98. The molecule has 1 saturated carbocycles. The maximum absolute atomic E-state index is 12.3. The number of methoxy groups -OCH3 is 2. The van der Waals surface area contributed by atoms with E-state index >= 15 is 0 Å². The van der Waals surface area contributed by atoms with E-state index in [-0.39, 0.29) is 25.2 Å². The molecule has 0 heterocycles. The second-order valence-corrected chi connectivity index (χ2v) is 7.75. The molecule has 2 aromatic carbocycles. The number of carbonyl (C=O) groups excluding carboxylic acids is 3. The molecule has 1 aliphatic rings. The molecule has 2 aromatic rings. The van der Waals surface area contributed by atoms with E-state index in [0.29, 0.717) is 5.69 Å². The molecule has 0 radical (unpaired) electrons. The zero-order valence-electron chi connectivity index (χ0n) is 19.7. The Balaban J connectivity index is 0.000000378. The van der Waals surface area contributed by atoms with Crippen LogP contribution in [0, 0.1) is 5.92 Å². The highest BCUT2D eigenvalue weighted by Gasteiger charge is 2.21. The van der Waals surface area contributed by atoms with Gasteiger partial charge < -0.3 is 20.5 Å². The van der Waals surface area contributed by atoms with Crippen LogP contribution in [-0.4, -0.2) is 32.1 Å². The number of nitrogens with two attached hydrogens (primary N) is 1. The Morgan fingerprint density at radius 3 is 1.91 bits per heavy atom. The van der Waals surface area contributed by atoms with Crippen molar-refractivity contribution in [1.82, 2.24) is 0 Å². The second-order valence-electron chi connectivity index (χ2n) is 7.75. The van der Waals surface area contributed by atoms with Crippen molar-refractivity contribution in [3.8, 4) is 0 Å². The first-order valence-corrected chi connectivity index (χ1v) is 11.2. The van der Waals surface area contributed by atoms with E-state index < -0.39 is 5.97 Å². The lowest BCUT2D eigenvalue weighted by Gasteiger charge is -2.21. The number of amides is 1. The van der Waals surface area contributed by atoms with Crippen molar-refractivity contribution in [1.29, 1.82) is 0 Å². The number of nitrogens with one attached hydrogen (secondary N) is 1. The zero-order chi connectivity index (χ0) is 24.8. The summed E-state index contributed by atoms with van der Waals surface area (Å²) >= 11 is 0. The summed E-state index contributed by atoms with van der Waals surface area (Å²) in [4.78, 5) is 34.2. The van der Waals surface area contributed by atoms with Crippen molar-refractivity contribution in [3.63, 3.8) is 0 Å². The van der Waals surface area contributed by atoms with Gasteiger partial charge in [-0.3, -0.25) is 4.79 Å². The molecule has 0 atom stereocenters. The van der Waals surface area contributed by atoms with Gasteiger partial charge >= 0.3 is 11.9 Å². The number of para-hydroxylation sites is 2. The van der Waals surface area contributed by atoms with Gasteiger partial charge in [0.2, 0.25) is 5.91 Å². The Morgan fingerprint density at radius 2 is 1.34 bits per heavy atom. The van der Waals surface area contributed by atoms with E-state index in [2.05, 4.69) is 14.8 Å². The highest BCUT2D eigenvalue weighted by Crippen LogP contribution is 2.26. The van der Waals surface area contributed by atoms with Gasteiger partial charge in [0.1, 0.15) is 0 Å². The van der Waals surface area contributed by atoms with Crippen LogP contribution < -0.4 is 11.1 Å². The first kappa shape index (κ1) is 29.2. The van der Waals surface area contributed by atoms with Gasteiger partial charge in [0.15, 0.2) is 0 Å². The number of rotatable bonds is 6. The Morgan fingerprint density at radius 1 is 0.829 bits per heavy atom. The normalized spacial score (nSPS) is 13.3. The monoisotopic (exact) mass is 480 g/mol. The number of ether oxygens (including phenoxy) is 2. The van der Waals surface area contributed by atoms with Gasteiger partial charge in [-0.25, -0.2) is 9.59 Å². The smallest absolute Gasteiger partial charge is 0.330 e. The van der Waals surface area contributed by atoms with Crippen molar-refractivity contribution in [2.75, 3.05) is 25.3 Å². The number of esters is 2. The fraction of sp³-hybridized carbons (Fsp3) is 0.321. The lowest BCUT2D eigenvalue weighted by Crippen LogP contribution is -2.25. The first-order valence-electron chi connectivity index (χ1n) is 11.2. The van der Waals surface area contributed by atoms with Crippen LogP contribution in [0.1, 0.15) is 50.7 Å². The SMILES string of the molecule is C.COC(=O)/C=C/c1ccccc1N.COC(=O)/C=C/c1ccccc1NC(=O)C1CCCCC1. The van der Waals surface area contributed by atoms with Crippen LogP contribution >= 0.6 is 0 Å². The Bertz CT molecular complexity index is 1020. The Labute approximate surface area is 208 Å². The molecule has 35 heavy (non-hydrogen) atoms. The van der Waals surface area contributed by atoms with Gasteiger partial charge in [0.25, 0.3) is 0 Å². The highest BCUT2D eigenvalue weighted by atomic mass is 16.5. The van der Waals surface area contributed by atoms with Crippen molar-refractivity contribution >= 4 is 41.4 Å². The summed E-state index contributed by atoms with van der Waals surface area (Å²) in [5.41, 5.74) is 8.63. The summed E-state index contributed by atoms with van der Waals surface area (Å²) < 4.78 is 9.02. The van der Waals surface area contributed by atoms with Gasteiger partial charge in [-0.15, -0.1) is 0 Å². The molecular formula is C28H36N2O5. The average molecular weight is 481 g/mol. The molecule has 0 bridgehead atoms. The molecule has 1 amide bonds. The minimum atomic E-state index is -0.414. The minimum absolute atomic E-state index is 0. The molecule has 1 aliphatic carbocycles. The molecule has 1 fully saturated rings. The van der Waals surface area contributed by atoms with E-state index in [4.69, 9.17) is 5.73 Å². The van der Waals surface area contributed by atoms with Crippen LogP contribution in [0.3, 0.4) is 0 Å². The zero-order valence-corrected chi connectivity index (χ0v) is 19.7. The lowest BCUT2D eigenvalue weighted by molar-refractivity contribution is -0.135. The predicted molar refractivity (Wildman–Crippen MR) is 141 cm³/mol. The molecule has 0 saturated heterocycles. The number of hydrogen-bond donors (Lipinski definition) is 2. The van der Waals surface area contributed by atoms with Crippen LogP contribution in [-0.2, 0) is 23.9 Å². The lowest BCUT2D eigenvalue weighted by atomic mass is 9.88. The van der Waals surface area contributed by atoms with Crippen molar-refractivity contribution < 1.29 is 23.9 Å². The third-order valence-electron chi connectivity index (χ3n) is 5.39. The van der Waals surface area contributed by atoms with Gasteiger partial charge in [-0.1, -0.05) is 63.1 Å². The van der Waals surface area contributed by atoms with Crippen molar-refractivity contribution in [2.45, 2.75) is 39.5 Å². The van der Waals surface area contributed by atoms with Crippen LogP contribution in [0.5, 0.6) is 0 Å². The number of benzene rings is 2. The minimum Gasteiger partial charge on any atom is -0.466 e. The Kier molecular flexibility index (Phi) is 13.2. The molecule has 188 valence electrons. The van der Waals surface area contributed by atoms with Crippen molar-refractivity contribution in [3.05, 3.63) is 71.8 Å². The number of carbonyl (C=O) groups is 3. The molecule has 3 rings (SSSR count). The third-order valence-corrected chi connectivity index (χ3v) is 5.39. The average Bonchev–Trinajstić information content (AvgIpc) is 2.88. The fourth-order valence-corrected chi connectivity index (χ4v) is 3.47. The van der Waals surface area contributed by atoms with Crippen LogP contribution in [0.4, 0.5) is 11.4 Å². The topological polar surface area (TPSA) is 108 Å². The summed E-state index contributed by atoms with van der Waals surface area (Å²) in [6.07, 6.45) is 11.4. The van der Waals surface area contributed by atoms with Gasteiger partial charge in [0.05, 0.1) is 14.2 Å². The summed E-state index contributed by atoms with van der Waals surface area (Å²) in [5.74, 6) is -0.614. The van der Waals surface area contributed by atoms with E-state index in [9.17, 15) is 14.4 Å². The van der Waals surface area contributed by atoms with Crippen LogP contribution in [0.25, 0.3) is 12.2 Å². The molecule has 7 heteroatoms. The largest absolute Gasteiger partial charge is 0.466 e. The number of anilines is 2. The van der Waals surface area contributed by atoms with Gasteiger partial charge in [0, 0.05) is 29.4 Å². The van der Waals surface area contributed by atoms with Gasteiger partial charge in [-0.05, 0) is 48.3 Å². The van der Waals surface area contributed by atoms with Gasteiger partial charge in [-0.2, -0.15) is 0 Å². The summed E-state index contributed by atoms with van der Waals surface area (Å²) in [6.45, 7) is 0. The molecule has 0 unspecified atom stereocenters. The quantitative estimate of drug-likeness (QED) is 0.322. The van der Waals surface area contributed by atoms with E-state index in [1.807, 2.05) is 42.5 Å². The highest BCUT2D eigenvalue weighted by molar-refractivity contribution is 5.96. The summed E-state index contributed by atoms with van der Waals surface area (Å²) in [6, 6.07) is 14.7. The standard InChI is InChI=1S/C17H21NO3.C10H11NO2.CH4/c1-21-16(19)12-11-13-7-5-6-10-15(13)18-17(20)14-8-3-2-4-9-14;1-13-10(12)7-6-8-4-2-3-5-9(8)11;/h5-7,10-12,14H,2-4,8-9H2,1H3,(H,18,20);2-7H,11H2,1H3;1H4/b12-11+;7-6+;. The van der Waals surface area contributed by atoms with Crippen molar-refractivity contribution in [2.24, 2.45) is 5.92 Å². The molecule has 0 spiro atoms. The first-order chi connectivity index (χ1) is 16.4. The molecule has 3 N–H and O–H groups in total. The fourth-order valence-electron chi connectivity index (χ4n) is 3.47. The third kappa shape index (κ3) is 10.3. The summed E-state index contributed by atoms with van der Waals surface area (Å²) in [7, 11) is 2.67. The van der Waals surface area contributed by atoms with E-state index in [1.165, 1.54) is 32.8 Å². The van der Waals surface area contributed by atoms with Crippen LogP contribution in [0.15, 0.2) is 60.7 Å². The Hall–Kier alpha value is -3.87. The van der Waals surface area contributed by atoms with Crippen LogP contribution in [0.2, 0.25) is 0 Å².